The molecule has 0 saturated heterocycles. The van der Waals surface area contributed by atoms with Gasteiger partial charge in [-0.05, 0) is 27.7 Å². The van der Waals surface area contributed by atoms with E-state index in [0.717, 1.165) is 0 Å². The first kappa shape index (κ1) is 15.9. The number of amides is 1. The molecule has 0 saturated carbocycles. The molecule has 0 fully saturated rings. The fourth-order valence-electron chi connectivity index (χ4n) is 1.28. The van der Waals surface area contributed by atoms with Crippen LogP contribution in [-0.4, -0.2) is 37.1 Å². The van der Waals surface area contributed by atoms with E-state index in [2.05, 4.69) is 15.4 Å². The van der Waals surface area contributed by atoms with Crippen molar-refractivity contribution in [2.45, 2.75) is 46.2 Å². The standard InChI is InChI=1S/C12H24N2O3/c1-8(11(16)17-6)9(2)13-7-10(15)14-12(3,4)5/h8-9,13H,7H2,1-6H3,(H,14,15). The lowest BCUT2D eigenvalue weighted by Crippen LogP contribution is -2.47. The molecule has 2 unspecified atom stereocenters. The van der Waals surface area contributed by atoms with Gasteiger partial charge in [-0.25, -0.2) is 0 Å². The molecular formula is C12H24N2O3. The van der Waals surface area contributed by atoms with Crippen molar-refractivity contribution in [3.8, 4) is 0 Å². The summed E-state index contributed by atoms with van der Waals surface area (Å²) in [5.41, 5.74) is -0.240. The summed E-state index contributed by atoms with van der Waals surface area (Å²) in [5.74, 6) is -0.634. The molecule has 100 valence electrons. The minimum absolute atomic E-state index is 0.0820. The molecule has 0 aliphatic rings. The predicted octanol–water partition coefficient (Wildman–Crippen LogP) is 0.688. The van der Waals surface area contributed by atoms with Gasteiger partial charge in [0, 0.05) is 11.6 Å². The van der Waals surface area contributed by atoms with Gasteiger partial charge in [0.05, 0.1) is 19.6 Å². The zero-order valence-electron chi connectivity index (χ0n) is 11.6. The van der Waals surface area contributed by atoms with Crippen LogP contribution in [0.4, 0.5) is 0 Å². The van der Waals surface area contributed by atoms with Gasteiger partial charge in [0.15, 0.2) is 0 Å². The van der Waals surface area contributed by atoms with Crippen LogP contribution in [0.2, 0.25) is 0 Å². The van der Waals surface area contributed by atoms with Crippen LogP contribution in [0, 0.1) is 5.92 Å². The van der Waals surface area contributed by atoms with Gasteiger partial charge in [0.2, 0.25) is 5.91 Å². The molecule has 0 aromatic carbocycles. The Kier molecular flexibility index (Phi) is 6.16. The van der Waals surface area contributed by atoms with E-state index in [-0.39, 0.29) is 35.9 Å². The van der Waals surface area contributed by atoms with Crippen molar-refractivity contribution in [3.05, 3.63) is 0 Å². The van der Waals surface area contributed by atoms with Crippen molar-refractivity contribution in [1.82, 2.24) is 10.6 Å². The predicted molar refractivity (Wildman–Crippen MR) is 66.5 cm³/mol. The number of hydrogen-bond donors (Lipinski definition) is 2. The number of methoxy groups -OCH3 is 1. The lowest BCUT2D eigenvalue weighted by Gasteiger charge is -2.23. The minimum atomic E-state index is -0.277. The van der Waals surface area contributed by atoms with Crippen molar-refractivity contribution in [3.63, 3.8) is 0 Å². The average molecular weight is 244 g/mol. The lowest BCUT2D eigenvalue weighted by molar-refractivity contribution is -0.145. The zero-order chi connectivity index (χ0) is 13.6. The second-order valence-corrected chi connectivity index (χ2v) is 5.28. The highest BCUT2D eigenvalue weighted by molar-refractivity contribution is 5.79. The highest BCUT2D eigenvalue weighted by atomic mass is 16.5. The van der Waals surface area contributed by atoms with Gasteiger partial charge in [-0.3, -0.25) is 9.59 Å². The molecule has 0 bridgehead atoms. The number of nitrogens with one attached hydrogen (secondary N) is 2. The summed E-state index contributed by atoms with van der Waals surface area (Å²) in [6.45, 7) is 9.58. The maximum Gasteiger partial charge on any atom is 0.309 e. The molecule has 0 aliphatic heterocycles. The molecule has 2 atom stereocenters. The van der Waals surface area contributed by atoms with Crippen LogP contribution in [-0.2, 0) is 14.3 Å². The Bertz CT molecular complexity index is 271. The van der Waals surface area contributed by atoms with Gasteiger partial charge in [0.1, 0.15) is 0 Å². The first-order valence-electron chi connectivity index (χ1n) is 5.79. The van der Waals surface area contributed by atoms with Crippen molar-refractivity contribution in [2.75, 3.05) is 13.7 Å². The molecule has 0 aromatic rings. The van der Waals surface area contributed by atoms with Gasteiger partial charge in [0.25, 0.3) is 0 Å². The molecule has 5 nitrogen and oxygen atoms in total. The molecule has 2 N–H and O–H groups in total. The molecule has 5 heteroatoms. The van der Waals surface area contributed by atoms with Crippen LogP contribution < -0.4 is 10.6 Å². The molecule has 0 spiro atoms. The number of carbonyl (C=O) groups excluding carboxylic acids is 2. The van der Waals surface area contributed by atoms with Gasteiger partial charge in [-0.1, -0.05) is 6.92 Å². The Hall–Kier alpha value is -1.10. The third-order valence-corrected chi connectivity index (χ3v) is 2.42. The fraction of sp³-hybridized carbons (Fsp3) is 0.833. The van der Waals surface area contributed by atoms with Gasteiger partial charge in [-0.2, -0.15) is 0 Å². The van der Waals surface area contributed by atoms with E-state index in [1.54, 1.807) is 6.92 Å². The summed E-state index contributed by atoms with van der Waals surface area (Å²) in [4.78, 5) is 22.8. The van der Waals surface area contributed by atoms with Gasteiger partial charge >= 0.3 is 5.97 Å². The third kappa shape index (κ3) is 6.94. The Balaban J connectivity index is 4.04. The minimum Gasteiger partial charge on any atom is -0.469 e. The molecule has 17 heavy (non-hydrogen) atoms. The smallest absolute Gasteiger partial charge is 0.309 e. The third-order valence-electron chi connectivity index (χ3n) is 2.42. The summed E-state index contributed by atoms with van der Waals surface area (Å²) in [6, 6.07) is -0.104. The van der Waals surface area contributed by atoms with E-state index in [0.29, 0.717) is 0 Å². The zero-order valence-corrected chi connectivity index (χ0v) is 11.6. The Morgan fingerprint density at radius 2 is 1.76 bits per heavy atom. The van der Waals surface area contributed by atoms with Gasteiger partial charge < -0.3 is 15.4 Å². The fourth-order valence-corrected chi connectivity index (χ4v) is 1.28. The first-order chi connectivity index (χ1) is 7.67. The lowest BCUT2D eigenvalue weighted by atomic mass is 10.0. The second kappa shape index (κ2) is 6.59. The second-order valence-electron chi connectivity index (χ2n) is 5.28. The molecule has 0 rings (SSSR count). The summed E-state index contributed by atoms with van der Waals surface area (Å²) >= 11 is 0. The Labute approximate surface area is 103 Å². The molecule has 1 amide bonds. The highest BCUT2D eigenvalue weighted by Crippen LogP contribution is 2.04. The molecular weight excluding hydrogens is 220 g/mol. The van der Waals surface area contributed by atoms with Crippen molar-refractivity contribution >= 4 is 11.9 Å². The Morgan fingerprint density at radius 3 is 2.18 bits per heavy atom. The van der Waals surface area contributed by atoms with Crippen molar-refractivity contribution in [1.29, 1.82) is 0 Å². The van der Waals surface area contributed by atoms with E-state index in [1.807, 2.05) is 27.7 Å². The van der Waals surface area contributed by atoms with E-state index >= 15 is 0 Å². The van der Waals surface area contributed by atoms with E-state index in [1.165, 1.54) is 7.11 Å². The van der Waals surface area contributed by atoms with Crippen LogP contribution in [0.1, 0.15) is 34.6 Å². The number of esters is 1. The van der Waals surface area contributed by atoms with E-state index in [4.69, 9.17) is 0 Å². The largest absolute Gasteiger partial charge is 0.469 e. The van der Waals surface area contributed by atoms with E-state index in [9.17, 15) is 9.59 Å². The van der Waals surface area contributed by atoms with E-state index < -0.39 is 0 Å². The summed E-state index contributed by atoms with van der Waals surface area (Å²) in [7, 11) is 1.36. The van der Waals surface area contributed by atoms with Crippen LogP contribution in [0.15, 0.2) is 0 Å². The first-order valence-corrected chi connectivity index (χ1v) is 5.79. The van der Waals surface area contributed by atoms with Gasteiger partial charge in [-0.15, -0.1) is 0 Å². The molecule has 0 aromatic heterocycles. The van der Waals surface area contributed by atoms with Crippen LogP contribution in [0.5, 0.6) is 0 Å². The molecule has 0 aliphatic carbocycles. The quantitative estimate of drug-likeness (QED) is 0.698. The maximum absolute atomic E-state index is 11.5. The summed E-state index contributed by atoms with van der Waals surface area (Å²) in [5, 5.41) is 5.85. The number of carbonyl (C=O) groups is 2. The normalized spacial score (nSPS) is 14.9. The van der Waals surface area contributed by atoms with Crippen molar-refractivity contribution < 1.29 is 14.3 Å². The van der Waals surface area contributed by atoms with Crippen molar-refractivity contribution in [2.24, 2.45) is 5.92 Å². The number of ether oxygens (including phenoxy) is 1. The SMILES string of the molecule is COC(=O)C(C)C(C)NCC(=O)NC(C)(C)C. The topological polar surface area (TPSA) is 67.4 Å². The number of rotatable bonds is 5. The molecule has 0 heterocycles. The summed E-state index contributed by atoms with van der Waals surface area (Å²) in [6.07, 6.45) is 0. The molecule has 0 radical (unpaired) electrons. The summed E-state index contributed by atoms with van der Waals surface area (Å²) < 4.78 is 4.64. The monoisotopic (exact) mass is 244 g/mol. The maximum atomic E-state index is 11.5. The van der Waals surface area contributed by atoms with Crippen LogP contribution in [0.25, 0.3) is 0 Å². The van der Waals surface area contributed by atoms with Crippen LogP contribution >= 0.6 is 0 Å². The Morgan fingerprint density at radius 1 is 1.24 bits per heavy atom. The number of hydrogen-bond acceptors (Lipinski definition) is 4. The average Bonchev–Trinajstić information content (AvgIpc) is 2.21. The highest BCUT2D eigenvalue weighted by Gasteiger charge is 2.21. The van der Waals surface area contributed by atoms with Crippen LogP contribution in [0.3, 0.4) is 0 Å².